The standard InChI is InChI=1S/C23H20ClN3O4/c1-30-21-13-18-16(12-17(21)23(25)29)20(6-9-26-18)31-15-4-5-19-14(11-15)7-10-27(19)22(28)3-2-8-24/h4-7,9-13H,2-3,8H2,1H3,(H2,25,29). The summed E-state index contributed by atoms with van der Waals surface area (Å²) in [6.07, 6.45) is 4.39. The Balaban J connectivity index is 1.69. The number of carbonyl (C=O) groups is 2. The van der Waals surface area contributed by atoms with Crippen molar-refractivity contribution in [1.82, 2.24) is 9.55 Å². The van der Waals surface area contributed by atoms with Crippen molar-refractivity contribution < 1.29 is 19.1 Å². The molecule has 0 saturated carbocycles. The van der Waals surface area contributed by atoms with E-state index in [0.29, 0.717) is 46.9 Å². The number of rotatable bonds is 7. The molecule has 2 aromatic heterocycles. The van der Waals surface area contributed by atoms with E-state index in [2.05, 4.69) is 4.98 Å². The Labute approximate surface area is 183 Å². The highest BCUT2D eigenvalue weighted by Crippen LogP contribution is 2.34. The molecule has 1 amide bonds. The number of pyridine rings is 1. The van der Waals surface area contributed by atoms with E-state index in [1.807, 2.05) is 18.2 Å². The van der Waals surface area contributed by atoms with Gasteiger partial charge < -0.3 is 15.2 Å². The van der Waals surface area contributed by atoms with Gasteiger partial charge in [-0.25, -0.2) is 0 Å². The van der Waals surface area contributed by atoms with Crippen LogP contribution in [0, 0.1) is 0 Å². The highest BCUT2D eigenvalue weighted by atomic mass is 35.5. The third kappa shape index (κ3) is 4.04. The Morgan fingerprint density at radius 3 is 2.71 bits per heavy atom. The first-order valence-electron chi connectivity index (χ1n) is 9.66. The summed E-state index contributed by atoms with van der Waals surface area (Å²) in [6, 6.07) is 12.3. The fourth-order valence-electron chi connectivity index (χ4n) is 3.47. The van der Waals surface area contributed by atoms with Crippen LogP contribution in [0.15, 0.2) is 54.9 Å². The maximum absolute atomic E-state index is 12.4. The summed E-state index contributed by atoms with van der Waals surface area (Å²) < 4.78 is 13.0. The molecule has 2 heterocycles. The summed E-state index contributed by atoms with van der Waals surface area (Å²) in [7, 11) is 1.47. The predicted molar refractivity (Wildman–Crippen MR) is 119 cm³/mol. The predicted octanol–water partition coefficient (Wildman–Crippen LogP) is 4.75. The Hall–Kier alpha value is -3.58. The van der Waals surface area contributed by atoms with E-state index >= 15 is 0 Å². The first kappa shape index (κ1) is 20.7. The molecule has 4 rings (SSSR count). The molecule has 0 radical (unpaired) electrons. The monoisotopic (exact) mass is 437 g/mol. The molecule has 8 heteroatoms. The fourth-order valence-corrected chi connectivity index (χ4v) is 3.60. The van der Waals surface area contributed by atoms with Crippen molar-refractivity contribution >= 4 is 45.2 Å². The minimum absolute atomic E-state index is 0.00243. The van der Waals surface area contributed by atoms with Crippen molar-refractivity contribution in [1.29, 1.82) is 0 Å². The van der Waals surface area contributed by atoms with Crippen LogP contribution in [-0.4, -0.2) is 34.4 Å². The molecule has 0 unspecified atom stereocenters. The average Bonchev–Trinajstić information content (AvgIpc) is 3.20. The molecule has 2 N–H and O–H groups in total. The molecule has 0 aliphatic heterocycles. The zero-order valence-corrected chi connectivity index (χ0v) is 17.6. The van der Waals surface area contributed by atoms with Gasteiger partial charge in [-0.1, -0.05) is 0 Å². The summed E-state index contributed by atoms with van der Waals surface area (Å²) in [4.78, 5) is 28.5. The summed E-state index contributed by atoms with van der Waals surface area (Å²) >= 11 is 5.69. The molecule has 0 fully saturated rings. The zero-order valence-electron chi connectivity index (χ0n) is 16.8. The molecule has 0 aliphatic rings. The van der Waals surface area contributed by atoms with Gasteiger partial charge in [0.2, 0.25) is 5.91 Å². The Kier molecular flexibility index (Phi) is 5.77. The average molecular weight is 438 g/mol. The number of nitrogens with zero attached hydrogens (tertiary/aromatic N) is 2. The van der Waals surface area contributed by atoms with Gasteiger partial charge in [0, 0.05) is 41.5 Å². The normalized spacial score (nSPS) is 11.0. The lowest BCUT2D eigenvalue weighted by Gasteiger charge is -2.12. The lowest BCUT2D eigenvalue weighted by molar-refractivity contribution is 0.0906. The van der Waals surface area contributed by atoms with Gasteiger partial charge in [-0.05, 0) is 42.8 Å². The first-order chi connectivity index (χ1) is 15.0. The molecule has 0 spiro atoms. The quantitative estimate of drug-likeness (QED) is 0.421. The minimum Gasteiger partial charge on any atom is -0.496 e. The second-order valence-corrected chi connectivity index (χ2v) is 7.32. The van der Waals surface area contributed by atoms with Crippen LogP contribution < -0.4 is 15.2 Å². The van der Waals surface area contributed by atoms with Gasteiger partial charge >= 0.3 is 0 Å². The number of hydrogen-bond donors (Lipinski definition) is 1. The lowest BCUT2D eigenvalue weighted by atomic mass is 10.1. The molecule has 0 aliphatic carbocycles. The van der Waals surface area contributed by atoms with Crippen molar-refractivity contribution in [3.63, 3.8) is 0 Å². The van der Waals surface area contributed by atoms with Gasteiger partial charge in [0.15, 0.2) is 0 Å². The van der Waals surface area contributed by atoms with E-state index in [-0.39, 0.29) is 11.5 Å². The van der Waals surface area contributed by atoms with Gasteiger partial charge in [-0.2, -0.15) is 0 Å². The molecule has 0 saturated heterocycles. The molecule has 0 bridgehead atoms. The molecular weight excluding hydrogens is 418 g/mol. The lowest BCUT2D eigenvalue weighted by Crippen LogP contribution is -2.12. The number of carbonyl (C=O) groups excluding carboxylic acids is 2. The summed E-state index contributed by atoms with van der Waals surface area (Å²) in [5, 5.41) is 1.50. The van der Waals surface area contributed by atoms with Gasteiger partial charge in [-0.3, -0.25) is 19.1 Å². The largest absolute Gasteiger partial charge is 0.496 e. The van der Waals surface area contributed by atoms with Gasteiger partial charge in [0.1, 0.15) is 17.2 Å². The van der Waals surface area contributed by atoms with Crippen molar-refractivity contribution in [3.05, 3.63) is 60.4 Å². The number of halogens is 1. The Morgan fingerprint density at radius 1 is 1.13 bits per heavy atom. The van der Waals surface area contributed by atoms with Gasteiger partial charge in [0.05, 0.1) is 23.7 Å². The van der Waals surface area contributed by atoms with Gasteiger partial charge in [-0.15, -0.1) is 11.6 Å². The van der Waals surface area contributed by atoms with Crippen molar-refractivity contribution in [2.45, 2.75) is 12.8 Å². The zero-order chi connectivity index (χ0) is 22.0. The third-order valence-corrected chi connectivity index (χ3v) is 5.24. The van der Waals surface area contributed by atoms with Crippen LogP contribution in [0.25, 0.3) is 21.8 Å². The SMILES string of the molecule is COc1cc2nccc(Oc3ccc4c(ccn4C(=O)CCCCl)c3)c2cc1C(N)=O. The number of aromatic nitrogens is 2. The summed E-state index contributed by atoms with van der Waals surface area (Å²) in [5.41, 5.74) is 7.14. The summed E-state index contributed by atoms with van der Waals surface area (Å²) in [6.45, 7) is 0. The van der Waals surface area contributed by atoms with Crippen molar-refractivity contribution in [2.24, 2.45) is 5.73 Å². The maximum atomic E-state index is 12.4. The molecule has 4 aromatic rings. The number of hydrogen-bond acceptors (Lipinski definition) is 5. The van der Waals surface area contributed by atoms with Crippen LogP contribution in [0.1, 0.15) is 28.0 Å². The molecule has 31 heavy (non-hydrogen) atoms. The number of methoxy groups -OCH3 is 1. The molecule has 2 aromatic carbocycles. The van der Waals surface area contributed by atoms with Crippen LogP contribution in [0.3, 0.4) is 0 Å². The Morgan fingerprint density at radius 2 is 1.97 bits per heavy atom. The number of nitrogens with two attached hydrogens (primary N) is 1. The van der Waals surface area contributed by atoms with E-state index in [1.165, 1.54) is 7.11 Å². The van der Waals surface area contributed by atoms with E-state index in [4.69, 9.17) is 26.8 Å². The smallest absolute Gasteiger partial charge is 0.252 e. The van der Waals surface area contributed by atoms with E-state index in [9.17, 15) is 9.59 Å². The number of fused-ring (bicyclic) bond motifs is 2. The van der Waals surface area contributed by atoms with Crippen molar-refractivity contribution in [2.75, 3.05) is 13.0 Å². The van der Waals surface area contributed by atoms with Crippen LogP contribution >= 0.6 is 11.6 Å². The van der Waals surface area contributed by atoms with Crippen LogP contribution in [0.5, 0.6) is 17.2 Å². The number of primary amides is 1. The van der Waals surface area contributed by atoms with E-state index in [0.717, 1.165) is 10.9 Å². The highest BCUT2D eigenvalue weighted by molar-refractivity contribution is 6.18. The number of ether oxygens (including phenoxy) is 2. The van der Waals surface area contributed by atoms with Crippen molar-refractivity contribution in [3.8, 4) is 17.2 Å². The van der Waals surface area contributed by atoms with Crippen LogP contribution in [0.4, 0.5) is 0 Å². The molecule has 158 valence electrons. The molecular formula is C23H20ClN3O4. The number of alkyl halides is 1. The Bertz CT molecular complexity index is 1300. The minimum atomic E-state index is -0.602. The topological polar surface area (TPSA) is 96.4 Å². The molecule has 7 nitrogen and oxygen atoms in total. The first-order valence-corrected chi connectivity index (χ1v) is 10.2. The number of amides is 1. The van der Waals surface area contributed by atoms with E-state index in [1.54, 1.807) is 41.2 Å². The van der Waals surface area contributed by atoms with Gasteiger partial charge in [0.25, 0.3) is 5.91 Å². The summed E-state index contributed by atoms with van der Waals surface area (Å²) in [5.74, 6) is 1.31. The maximum Gasteiger partial charge on any atom is 0.252 e. The van der Waals surface area contributed by atoms with E-state index < -0.39 is 5.91 Å². The fraction of sp³-hybridized carbons (Fsp3) is 0.174. The second-order valence-electron chi connectivity index (χ2n) is 6.94. The van der Waals surface area contributed by atoms with Crippen LogP contribution in [-0.2, 0) is 0 Å². The second kappa shape index (κ2) is 8.65. The van der Waals surface area contributed by atoms with Crippen LogP contribution in [0.2, 0.25) is 0 Å². The number of benzene rings is 2. The highest BCUT2D eigenvalue weighted by Gasteiger charge is 2.15. The third-order valence-electron chi connectivity index (χ3n) is 4.97. The molecule has 0 atom stereocenters.